The average molecular weight is 248 g/mol. The molecule has 1 aromatic carbocycles. The molecule has 0 saturated carbocycles. The molecular weight excluding hydrogens is 228 g/mol. The fourth-order valence-electron chi connectivity index (χ4n) is 2.74. The summed E-state index contributed by atoms with van der Waals surface area (Å²) >= 11 is 0. The molecule has 0 heterocycles. The summed E-state index contributed by atoms with van der Waals surface area (Å²) in [5.41, 5.74) is 3.82. The highest BCUT2D eigenvalue weighted by molar-refractivity contribution is 5.75. The third kappa shape index (κ3) is 2.40. The van der Waals surface area contributed by atoms with Crippen LogP contribution in [0.25, 0.3) is 0 Å². The summed E-state index contributed by atoms with van der Waals surface area (Å²) in [5, 5.41) is 15.2. The van der Waals surface area contributed by atoms with Crippen LogP contribution >= 0.6 is 0 Å². The SMILES string of the molecule is CNC(C(=O)O)C(NC)c1ccc2c(c1)CCC2. The third-order valence-corrected chi connectivity index (χ3v) is 3.70. The molecule has 1 aromatic rings. The molecule has 2 rings (SSSR count). The van der Waals surface area contributed by atoms with E-state index in [4.69, 9.17) is 0 Å². The first kappa shape index (κ1) is 13.1. The van der Waals surface area contributed by atoms with Crippen molar-refractivity contribution >= 4 is 5.97 Å². The molecule has 1 aliphatic rings. The Hall–Kier alpha value is -1.39. The number of aryl methyl sites for hydroxylation is 2. The van der Waals surface area contributed by atoms with Gasteiger partial charge in [0.2, 0.25) is 0 Å². The summed E-state index contributed by atoms with van der Waals surface area (Å²) in [6.07, 6.45) is 3.46. The van der Waals surface area contributed by atoms with E-state index in [1.165, 1.54) is 17.5 Å². The maximum absolute atomic E-state index is 11.2. The van der Waals surface area contributed by atoms with E-state index in [-0.39, 0.29) is 6.04 Å². The summed E-state index contributed by atoms with van der Waals surface area (Å²) < 4.78 is 0. The lowest BCUT2D eigenvalue weighted by Crippen LogP contribution is -2.44. The lowest BCUT2D eigenvalue weighted by Gasteiger charge is -2.24. The Morgan fingerprint density at radius 1 is 1.22 bits per heavy atom. The quantitative estimate of drug-likeness (QED) is 0.730. The fourth-order valence-corrected chi connectivity index (χ4v) is 2.74. The lowest BCUT2D eigenvalue weighted by atomic mass is 9.96. The molecule has 4 heteroatoms. The molecule has 0 aromatic heterocycles. The van der Waals surface area contributed by atoms with Gasteiger partial charge in [-0.05, 0) is 50.0 Å². The molecule has 0 radical (unpaired) electrons. The zero-order chi connectivity index (χ0) is 13.1. The Bertz CT molecular complexity index is 445. The second-order valence-electron chi connectivity index (χ2n) is 4.75. The Kier molecular flexibility index (Phi) is 3.99. The smallest absolute Gasteiger partial charge is 0.322 e. The van der Waals surface area contributed by atoms with E-state index in [2.05, 4.69) is 22.8 Å². The molecule has 0 spiro atoms. The molecule has 0 bridgehead atoms. The van der Waals surface area contributed by atoms with Crippen LogP contribution in [0, 0.1) is 0 Å². The van der Waals surface area contributed by atoms with Gasteiger partial charge in [-0.25, -0.2) is 0 Å². The first-order valence-electron chi connectivity index (χ1n) is 6.36. The molecule has 0 fully saturated rings. The molecule has 18 heavy (non-hydrogen) atoms. The standard InChI is InChI=1S/C14H20N2O2/c1-15-12(13(16-2)14(17)18)11-7-6-9-4-3-5-10(9)8-11/h6-8,12-13,15-16H,3-5H2,1-2H3,(H,17,18). The van der Waals surface area contributed by atoms with Crippen molar-refractivity contribution in [2.75, 3.05) is 14.1 Å². The number of carbonyl (C=O) groups is 1. The topological polar surface area (TPSA) is 61.4 Å². The van der Waals surface area contributed by atoms with Crippen LogP contribution < -0.4 is 10.6 Å². The number of hydrogen-bond acceptors (Lipinski definition) is 3. The maximum Gasteiger partial charge on any atom is 0.322 e. The predicted octanol–water partition coefficient (Wildman–Crippen LogP) is 1.11. The van der Waals surface area contributed by atoms with Crippen molar-refractivity contribution in [3.8, 4) is 0 Å². The highest BCUT2D eigenvalue weighted by atomic mass is 16.4. The molecular formula is C14H20N2O2. The molecule has 2 atom stereocenters. The van der Waals surface area contributed by atoms with Gasteiger partial charge in [0.05, 0.1) is 6.04 Å². The Morgan fingerprint density at radius 3 is 2.56 bits per heavy atom. The van der Waals surface area contributed by atoms with E-state index >= 15 is 0 Å². The molecule has 0 aliphatic heterocycles. The summed E-state index contributed by atoms with van der Waals surface area (Å²) in [6, 6.07) is 5.50. The van der Waals surface area contributed by atoms with Crippen LogP contribution in [0.3, 0.4) is 0 Å². The van der Waals surface area contributed by atoms with Crippen LogP contribution in [0.2, 0.25) is 0 Å². The second-order valence-corrected chi connectivity index (χ2v) is 4.75. The molecule has 0 saturated heterocycles. The van der Waals surface area contributed by atoms with Crippen LogP contribution in [0.4, 0.5) is 0 Å². The van der Waals surface area contributed by atoms with Gasteiger partial charge in [-0.3, -0.25) is 4.79 Å². The minimum Gasteiger partial charge on any atom is -0.480 e. The number of benzene rings is 1. The first-order valence-corrected chi connectivity index (χ1v) is 6.36. The van der Waals surface area contributed by atoms with Gasteiger partial charge in [0.25, 0.3) is 0 Å². The molecule has 1 aliphatic carbocycles. The highest BCUT2D eigenvalue weighted by Gasteiger charge is 2.27. The monoisotopic (exact) mass is 248 g/mol. The largest absolute Gasteiger partial charge is 0.480 e. The van der Waals surface area contributed by atoms with Gasteiger partial charge in [-0.15, -0.1) is 0 Å². The number of hydrogen-bond donors (Lipinski definition) is 3. The number of rotatable bonds is 5. The van der Waals surface area contributed by atoms with Crippen LogP contribution in [0.15, 0.2) is 18.2 Å². The molecule has 98 valence electrons. The zero-order valence-electron chi connectivity index (χ0n) is 10.9. The number of carboxylic acids is 1. The van der Waals surface area contributed by atoms with Gasteiger partial charge < -0.3 is 15.7 Å². The molecule has 3 N–H and O–H groups in total. The number of carboxylic acid groups (broad SMARTS) is 1. The summed E-state index contributed by atoms with van der Waals surface area (Å²) in [4.78, 5) is 11.2. The van der Waals surface area contributed by atoms with Crippen molar-refractivity contribution in [2.24, 2.45) is 0 Å². The highest BCUT2D eigenvalue weighted by Crippen LogP contribution is 2.26. The van der Waals surface area contributed by atoms with E-state index in [1.807, 2.05) is 6.07 Å². The number of aliphatic carboxylic acids is 1. The molecule has 4 nitrogen and oxygen atoms in total. The van der Waals surface area contributed by atoms with Gasteiger partial charge in [-0.2, -0.15) is 0 Å². The summed E-state index contributed by atoms with van der Waals surface area (Å²) in [6.45, 7) is 0. The van der Waals surface area contributed by atoms with Crippen molar-refractivity contribution in [2.45, 2.75) is 31.3 Å². The van der Waals surface area contributed by atoms with Crippen molar-refractivity contribution in [3.05, 3.63) is 34.9 Å². The second kappa shape index (κ2) is 5.50. The Balaban J connectivity index is 2.29. The van der Waals surface area contributed by atoms with Crippen molar-refractivity contribution in [1.82, 2.24) is 10.6 Å². The van der Waals surface area contributed by atoms with Gasteiger partial charge in [0.15, 0.2) is 0 Å². The summed E-state index contributed by atoms with van der Waals surface area (Å²) in [5.74, 6) is -0.836. The predicted molar refractivity (Wildman–Crippen MR) is 70.8 cm³/mol. The minimum absolute atomic E-state index is 0.210. The van der Waals surface area contributed by atoms with E-state index in [0.717, 1.165) is 18.4 Å². The third-order valence-electron chi connectivity index (χ3n) is 3.70. The Morgan fingerprint density at radius 2 is 1.94 bits per heavy atom. The number of nitrogens with one attached hydrogen (secondary N) is 2. The lowest BCUT2D eigenvalue weighted by molar-refractivity contribution is -0.140. The summed E-state index contributed by atoms with van der Waals surface area (Å²) in [7, 11) is 3.47. The fraction of sp³-hybridized carbons (Fsp3) is 0.500. The molecule has 2 unspecified atom stereocenters. The minimum atomic E-state index is -0.836. The van der Waals surface area contributed by atoms with Gasteiger partial charge >= 0.3 is 5.97 Å². The number of likely N-dealkylation sites (N-methyl/N-ethyl adjacent to an activating group) is 2. The van der Waals surface area contributed by atoms with E-state index in [9.17, 15) is 9.90 Å². The van der Waals surface area contributed by atoms with E-state index in [1.54, 1.807) is 14.1 Å². The van der Waals surface area contributed by atoms with Gasteiger partial charge in [-0.1, -0.05) is 18.2 Å². The maximum atomic E-state index is 11.2. The van der Waals surface area contributed by atoms with Gasteiger partial charge in [0.1, 0.15) is 6.04 Å². The first-order chi connectivity index (χ1) is 8.67. The normalized spacial score (nSPS) is 17.2. The van der Waals surface area contributed by atoms with Crippen molar-refractivity contribution in [1.29, 1.82) is 0 Å². The molecule has 0 amide bonds. The van der Waals surface area contributed by atoms with Crippen LogP contribution in [-0.4, -0.2) is 31.2 Å². The van der Waals surface area contributed by atoms with E-state index < -0.39 is 12.0 Å². The zero-order valence-corrected chi connectivity index (χ0v) is 10.9. The Labute approximate surface area is 107 Å². The van der Waals surface area contributed by atoms with Crippen LogP contribution in [0.1, 0.15) is 29.2 Å². The number of fused-ring (bicyclic) bond motifs is 1. The average Bonchev–Trinajstić information content (AvgIpc) is 2.82. The van der Waals surface area contributed by atoms with Gasteiger partial charge in [0, 0.05) is 0 Å². The van der Waals surface area contributed by atoms with Crippen molar-refractivity contribution < 1.29 is 9.90 Å². The van der Waals surface area contributed by atoms with Crippen LogP contribution in [-0.2, 0) is 17.6 Å². The van der Waals surface area contributed by atoms with Crippen LogP contribution in [0.5, 0.6) is 0 Å². The van der Waals surface area contributed by atoms with Crippen molar-refractivity contribution in [3.63, 3.8) is 0 Å². The van der Waals surface area contributed by atoms with E-state index in [0.29, 0.717) is 0 Å².